The SMILES string of the molecule is Cc1ccc(Oc2ncnc3c(C4CCN(C(=O)OC(C)(C)C)CC4)coc23)cc1. The van der Waals surface area contributed by atoms with Crippen molar-refractivity contribution in [2.45, 2.75) is 52.1 Å². The molecule has 1 saturated heterocycles. The molecule has 1 amide bonds. The van der Waals surface area contributed by atoms with Crippen LogP contribution in [0.2, 0.25) is 0 Å². The predicted molar refractivity (Wildman–Crippen MR) is 113 cm³/mol. The molecule has 7 heteroatoms. The summed E-state index contributed by atoms with van der Waals surface area (Å²) in [5, 5.41) is 0. The average Bonchev–Trinajstić information content (AvgIpc) is 3.14. The summed E-state index contributed by atoms with van der Waals surface area (Å²) in [6.07, 6.45) is 4.64. The lowest BCUT2D eigenvalue weighted by atomic mass is 9.90. The Kier molecular flexibility index (Phi) is 5.37. The summed E-state index contributed by atoms with van der Waals surface area (Å²) in [6.45, 7) is 8.95. The van der Waals surface area contributed by atoms with E-state index in [4.69, 9.17) is 13.9 Å². The minimum absolute atomic E-state index is 0.255. The van der Waals surface area contributed by atoms with Gasteiger partial charge in [-0.25, -0.2) is 9.78 Å². The predicted octanol–water partition coefficient (Wildman–Crippen LogP) is 5.44. The third-order valence-corrected chi connectivity index (χ3v) is 5.17. The molecule has 4 rings (SSSR count). The molecule has 0 unspecified atom stereocenters. The van der Waals surface area contributed by atoms with Crippen LogP contribution in [0.25, 0.3) is 11.1 Å². The van der Waals surface area contributed by atoms with Gasteiger partial charge in [-0.1, -0.05) is 17.7 Å². The summed E-state index contributed by atoms with van der Waals surface area (Å²) >= 11 is 0. The summed E-state index contributed by atoms with van der Waals surface area (Å²) in [7, 11) is 0. The van der Waals surface area contributed by atoms with E-state index in [0.29, 0.717) is 30.3 Å². The highest BCUT2D eigenvalue weighted by molar-refractivity contribution is 5.81. The van der Waals surface area contributed by atoms with Crippen LogP contribution in [0.4, 0.5) is 4.79 Å². The number of hydrogen-bond donors (Lipinski definition) is 0. The van der Waals surface area contributed by atoms with Gasteiger partial charge in [0.1, 0.15) is 23.2 Å². The molecule has 0 N–H and O–H groups in total. The quantitative estimate of drug-likeness (QED) is 0.573. The van der Waals surface area contributed by atoms with Crippen LogP contribution in [0, 0.1) is 6.92 Å². The van der Waals surface area contributed by atoms with Gasteiger partial charge in [-0.15, -0.1) is 0 Å². The van der Waals surface area contributed by atoms with Crippen molar-refractivity contribution in [3.63, 3.8) is 0 Å². The molecular formula is C23H27N3O4. The third-order valence-electron chi connectivity index (χ3n) is 5.17. The van der Waals surface area contributed by atoms with E-state index in [1.807, 2.05) is 52.0 Å². The van der Waals surface area contributed by atoms with Gasteiger partial charge in [-0.05, 0) is 58.6 Å². The third kappa shape index (κ3) is 4.40. The van der Waals surface area contributed by atoms with Crippen LogP contribution in [-0.4, -0.2) is 39.7 Å². The second-order valence-electron chi connectivity index (χ2n) is 8.70. The second-order valence-corrected chi connectivity index (χ2v) is 8.70. The molecule has 158 valence electrons. The first-order valence-corrected chi connectivity index (χ1v) is 10.2. The normalized spacial score (nSPS) is 15.4. The van der Waals surface area contributed by atoms with Gasteiger partial charge in [0.05, 0.1) is 6.26 Å². The average molecular weight is 409 g/mol. The first-order chi connectivity index (χ1) is 14.3. The zero-order valence-electron chi connectivity index (χ0n) is 17.8. The van der Waals surface area contributed by atoms with Crippen LogP contribution in [-0.2, 0) is 4.74 Å². The first kappa shape index (κ1) is 20.2. The number of amides is 1. The molecule has 1 aromatic carbocycles. The lowest BCUT2D eigenvalue weighted by Crippen LogP contribution is -2.41. The van der Waals surface area contributed by atoms with Gasteiger partial charge in [0.2, 0.25) is 5.58 Å². The Bertz CT molecular complexity index is 1030. The first-order valence-electron chi connectivity index (χ1n) is 10.2. The number of aromatic nitrogens is 2. The van der Waals surface area contributed by atoms with Gasteiger partial charge in [0, 0.05) is 18.7 Å². The Balaban J connectivity index is 1.48. The van der Waals surface area contributed by atoms with Crippen LogP contribution in [0.3, 0.4) is 0 Å². The maximum absolute atomic E-state index is 12.3. The standard InChI is InChI=1S/C23H27N3O4/c1-15-5-7-17(8-6-15)29-21-20-19(24-14-25-21)18(13-28-20)16-9-11-26(12-10-16)22(27)30-23(2,3)4/h5-8,13-14,16H,9-12H2,1-4H3. The zero-order chi connectivity index (χ0) is 21.3. The van der Waals surface area contributed by atoms with E-state index in [9.17, 15) is 4.79 Å². The van der Waals surface area contributed by atoms with Gasteiger partial charge < -0.3 is 18.8 Å². The van der Waals surface area contributed by atoms with Crippen molar-refractivity contribution >= 4 is 17.2 Å². The van der Waals surface area contributed by atoms with E-state index in [-0.39, 0.29) is 12.0 Å². The van der Waals surface area contributed by atoms with Crippen LogP contribution in [0.5, 0.6) is 11.6 Å². The molecule has 1 aliphatic rings. The van der Waals surface area contributed by atoms with Crippen molar-refractivity contribution in [3.8, 4) is 11.6 Å². The fourth-order valence-electron chi connectivity index (χ4n) is 3.63. The molecule has 0 bridgehead atoms. The minimum Gasteiger partial charge on any atom is -0.457 e. The summed E-state index contributed by atoms with van der Waals surface area (Å²) < 4.78 is 17.2. The largest absolute Gasteiger partial charge is 0.457 e. The van der Waals surface area contributed by atoms with Gasteiger partial charge >= 0.3 is 6.09 Å². The van der Waals surface area contributed by atoms with Gasteiger partial charge in [-0.2, -0.15) is 4.98 Å². The number of furan rings is 1. The van der Waals surface area contributed by atoms with Crippen LogP contribution < -0.4 is 4.74 Å². The van der Waals surface area contributed by atoms with Crippen molar-refractivity contribution in [1.29, 1.82) is 0 Å². The lowest BCUT2D eigenvalue weighted by Gasteiger charge is -2.33. The summed E-state index contributed by atoms with van der Waals surface area (Å²) in [6, 6.07) is 7.78. The molecule has 1 fully saturated rings. The Hall–Kier alpha value is -3.09. The molecule has 0 aliphatic carbocycles. The molecule has 3 heterocycles. The maximum atomic E-state index is 12.3. The molecule has 0 radical (unpaired) electrons. The van der Waals surface area contributed by atoms with Gasteiger partial charge in [0.15, 0.2) is 0 Å². The fraction of sp³-hybridized carbons (Fsp3) is 0.435. The Morgan fingerprint density at radius 2 is 1.83 bits per heavy atom. The van der Waals surface area contributed by atoms with Crippen molar-refractivity contribution < 1.29 is 18.7 Å². The fourth-order valence-corrected chi connectivity index (χ4v) is 3.63. The lowest BCUT2D eigenvalue weighted by molar-refractivity contribution is 0.0205. The van der Waals surface area contributed by atoms with Crippen LogP contribution in [0.15, 0.2) is 41.3 Å². The van der Waals surface area contributed by atoms with Gasteiger partial charge in [0.25, 0.3) is 5.88 Å². The summed E-state index contributed by atoms with van der Waals surface area (Å²) in [4.78, 5) is 22.8. The highest BCUT2D eigenvalue weighted by atomic mass is 16.6. The number of aryl methyl sites for hydroxylation is 1. The second kappa shape index (κ2) is 7.97. The van der Waals surface area contributed by atoms with Crippen molar-refractivity contribution in [1.82, 2.24) is 14.9 Å². The van der Waals surface area contributed by atoms with E-state index >= 15 is 0 Å². The topological polar surface area (TPSA) is 77.7 Å². The number of ether oxygens (including phenoxy) is 2. The molecule has 0 spiro atoms. The number of carbonyl (C=O) groups is 1. The van der Waals surface area contributed by atoms with E-state index in [0.717, 1.165) is 29.5 Å². The number of carbonyl (C=O) groups excluding carboxylic acids is 1. The molecule has 7 nitrogen and oxygen atoms in total. The molecule has 2 aromatic heterocycles. The van der Waals surface area contributed by atoms with E-state index in [2.05, 4.69) is 9.97 Å². The number of fused-ring (bicyclic) bond motifs is 1. The number of hydrogen-bond acceptors (Lipinski definition) is 6. The number of nitrogens with zero attached hydrogens (tertiary/aromatic N) is 3. The number of likely N-dealkylation sites (tertiary alicyclic amines) is 1. The van der Waals surface area contributed by atoms with E-state index in [1.165, 1.54) is 6.33 Å². The van der Waals surface area contributed by atoms with E-state index < -0.39 is 5.60 Å². The van der Waals surface area contributed by atoms with E-state index in [1.54, 1.807) is 11.2 Å². The number of piperidine rings is 1. The smallest absolute Gasteiger partial charge is 0.410 e. The van der Waals surface area contributed by atoms with Crippen molar-refractivity contribution in [2.24, 2.45) is 0 Å². The van der Waals surface area contributed by atoms with Crippen LogP contribution >= 0.6 is 0 Å². The Morgan fingerprint density at radius 3 is 2.50 bits per heavy atom. The summed E-state index contributed by atoms with van der Waals surface area (Å²) in [5.41, 5.74) is 3.02. The number of rotatable bonds is 3. The van der Waals surface area contributed by atoms with Crippen molar-refractivity contribution in [3.05, 3.63) is 48.0 Å². The highest BCUT2D eigenvalue weighted by Crippen LogP contribution is 2.37. The Morgan fingerprint density at radius 1 is 1.13 bits per heavy atom. The minimum atomic E-state index is -0.487. The zero-order valence-corrected chi connectivity index (χ0v) is 17.8. The van der Waals surface area contributed by atoms with Crippen LogP contribution in [0.1, 0.15) is 50.7 Å². The Labute approximate surface area is 176 Å². The maximum Gasteiger partial charge on any atom is 0.410 e. The summed E-state index contributed by atoms with van der Waals surface area (Å²) in [5.74, 6) is 1.36. The monoisotopic (exact) mass is 409 g/mol. The molecule has 1 aliphatic heterocycles. The highest BCUT2D eigenvalue weighted by Gasteiger charge is 2.29. The molecule has 0 atom stereocenters. The molecular weight excluding hydrogens is 382 g/mol. The van der Waals surface area contributed by atoms with Crippen molar-refractivity contribution in [2.75, 3.05) is 13.1 Å². The van der Waals surface area contributed by atoms with Gasteiger partial charge in [-0.3, -0.25) is 0 Å². The molecule has 3 aromatic rings. The molecule has 0 saturated carbocycles. The molecule has 30 heavy (non-hydrogen) atoms. The number of benzene rings is 1.